The molecule has 1 fully saturated rings. The van der Waals surface area contributed by atoms with Gasteiger partial charge in [0, 0.05) is 36.9 Å². The van der Waals surface area contributed by atoms with Gasteiger partial charge in [0.05, 0.1) is 11.4 Å². The van der Waals surface area contributed by atoms with E-state index in [0.29, 0.717) is 18.1 Å². The monoisotopic (exact) mass is 421 g/mol. The molecule has 1 N–H and O–H groups in total. The van der Waals surface area contributed by atoms with Crippen molar-refractivity contribution in [1.82, 2.24) is 9.21 Å². The van der Waals surface area contributed by atoms with Gasteiger partial charge in [0.2, 0.25) is 15.9 Å². The number of para-hydroxylation sites is 1. The normalized spacial score (nSPS) is 15.5. The summed E-state index contributed by atoms with van der Waals surface area (Å²) >= 11 is 5.92. The summed E-state index contributed by atoms with van der Waals surface area (Å²) in [6.07, 6.45) is 0. The van der Waals surface area contributed by atoms with Gasteiger partial charge in [-0.25, -0.2) is 8.42 Å². The number of piperazine rings is 1. The molecule has 1 aliphatic rings. The molecule has 6 nitrogen and oxygen atoms in total. The first-order valence-electron chi connectivity index (χ1n) is 9.12. The lowest BCUT2D eigenvalue weighted by Crippen LogP contribution is -2.51. The van der Waals surface area contributed by atoms with Crippen LogP contribution in [0.25, 0.3) is 0 Å². The molecule has 0 aliphatic carbocycles. The Kier molecular flexibility index (Phi) is 6.27. The van der Waals surface area contributed by atoms with E-state index in [0.717, 1.165) is 16.8 Å². The third-order valence-electron chi connectivity index (χ3n) is 4.92. The van der Waals surface area contributed by atoms with E-state index < -0.39 is 10.0 Å². The maximum atomic E-state index is 12.8. The van der Waals surface area contributed by atoms with Crippen molar-refractivity contribution in [3.8, 4) is 0 Å². The van der Waals surface area contributed by atoms with Crippen LogP contribution in [0.15, 0.2) is 47.4 Å². The van der Waals surface area contributed by atoms with Crippen LogP contribution in [-0.4, -0.2) is 56.3 Å². The van der Waals surface area contributed by atoms with Crippen LogP contribution in [0.2, 0.25) is 5.02 Å². The Hall–Kier alpha value is -2.09. The van der Waals surface area contributed by atoms with Gasteiger partial charge in [-0.15, -0.1) is 0 Å². The molecule has 0 radical (unpaired) electrons. The highest BCUT2D eigenvalue weighted by Gasteiger charge is 2.30. The van der Waals surface area contributed by atoms with Crippen LogP contribution >= 0.6 is 11.6 Å². The highest BCUT2D eigenvalue weighted by Crippen LogP contribution is 2.21. The number of sulfonamides is 1. The van der Waals surface area contributed by atoms with Crippen LogP contribution in [0.5, 0.6) is 0 Å². The quantitative estimate of drug-likeness (QED) is 0.805. The lowest BCUT2D eigenvalue weighted by atomic mass is 10.1. The van der Waals surface area contributed by atoms with E-state index in [1.165, 1.54) is 16.4 Å². The van der Waals surface area contributed by atoms with Gasteiger partial charge in [0.25, 0.3) is 0 Å². The van der Waals surface area contributed by atoms with E-state index in [1.54, 1.807) is 17.0 Å². The highest BCUT2D eigenvalue weighted by atomic mass is 35.5. The summed E-state index contributed by atoms with van der Waals surface area (Å²) in [5.74, 6) is -0.0394. The minimum absolute atomic E-state index is 0.0394. The van der Waals surface area contributed by atoms with E-state index in [4.69, 9.17) is 11.6 Å². The van der Waals surface area contributed by atoms with Crippen molar-refractivity contribution in [2.75, 3.05) is 38.0 Å². The van der Waals surface area contributed by atoms with Crippen LogP contribution in [0.3, 0.4) is 0 Å². The number of nitrogens with zero attached hydrogens (tertiary/aromatic N) is 2. The third-order valence-corrected chi connectivity index (χ3v) is 7.05. The van der Waals surface area contributed by atoms with Crippen molar-refractivity contribution in [1.29, 1.82) is 0 Å². The summed E-state index contributed by atoms with van der Waals surface area (Å²) in [5.41, 5.74) is 3.15. The summed E-state index contributed by atoms with van der Waals surface area (Å²) in [5, 5.41) is 3.60. The third kappa shape index (κ3) is 4.48. The molecular weight excluding hydrogens is 398 g/mol. The molecule has 3 rings (SSSR count). The fourth-order valence-corrected chi connectivity index (χ4v) is 5.05. The average molecular weight is 422 g/mol. The van der Waals surface area contributed by atoms with E-state index in [1.807, 2.05) is 32.0 Å². The fraction of sp³-hybridized carbons (Fsp3) is 0.350. The van der Waals surface area contributed by atoms with Crippen LogP contribution in [0, 0.1) is 13.8 Å². The molecule has 2 aromatic carbocycles. The Morgan fingerprint density at radius 3 is 2.25 bits per heavy atom. The minimum atomic E-state index is -3.60. The first kappa shape index (κ1) is 20.6. The molecule has 1 aliphatic heterocycles. The number of amides is 1. The van der Waals surface area contributed by atoms with Crippen LogP contribution in [0.1, 0.15) is 11.1 Å². The number of hydrogen-bond acceptors (Lipinski definition) is 4. The fourth-order valence-electron chi connectivity index (χ4n) is 3.32. The Labute approximate surface area is 171 Å². The number of carbonyl (C=O) groups excluding carboxylic acids is 1. The number of carbonyl (C=O) groups is 1. The summed E-state index contributed by atoms with van der Waals surface area (Å²) in [4.78, 5) is 14.4. The molecule has 0 unspecified atom stereocenters. The zero-order valence-electron chi connectivity index (χ0n) is 16.0. The Morgan fingerprint density at radius 1 is 1.04 bits per heavy atom. The standard InChI is InChI=1S/C20H24ClN3O3S/c1-15-5-3-6-16(2)20(15)22-14-19(25)23-9-11-24(12-10-23)28(26,27)18-8-4-7-17(21)13-18/h3-8,13,22H,9-12,14H2,1-2H3. The van der Waals surface area contributed by atoms with Crippen LogP contribution < -0.4 is 5.32 Å². The lowest BCUT2D eigenvalue weighted by molar-refractivity contribution is -0.130. The van der Waals surface area contributed by atoms with Gasteiger partial charge in [-0.3, -0.25) is 4.79 Å². The average Bonchev–Trinajstić information content (AvgIpc) is 2.67. The van der Waals surface area contributed by atoms with Crippen molar-refractivity contribution in [3.63, 3.8) is 0 Å². The van der Waals surface area contributed by atoms with E-state index in [-0.39, 0.29) is 30.4 Å². The van der Waals surface area contributed by atoms with Crippen LogP contribution in [0.4, 0.5) is 5.69 Å². The molecule has 1 amide bonds. The van der Waals surface area contributed by atoms with Gasteiger partial charge < -0.3 is 10.2 Å². The number of benzene rings is 2. The van der Waals surface area contributed by atoms with E-state index >= 15 is 0 Å². The molecule has 150 valence electrons. The van der Waals surface area contributed by atoms with Crippen molar-refractivity contribution < 1.29 is 13.2 Å². The molecule has 28 heavy (non-hydrogen) atoms. The number of hydrogen-bond donors (Lipinski definition) is 1. The number of halogens is 1. The Morgan fingerprint density at radius 2 is 1.64 bits per heavy atom. The summed E-state index contributed by atoms with van der Waals surface area (Å²) in [6, 6.07) is 12.2. The Balaban J connectivity index is 1.58. The maximum absolute atomic E-state index is 12.8. The first-order chi connectivity index (χ1) is 13.3. The zero-order valence-corrected chi connectivity index (χ0v) is 17.6. The van der Waals surface area contributed by atoms with E-state index in [9.17, 15) is 13.2 Å². The molecule has 1 heterocycles. The molecule has 0 atom stereocenters. The molecule has 2 aromatic rings. The van der Waals surface area contributed by atoms with Crippen LogP contribution in [-0.2, 0) is 14.8 Å². The van der Waals surface area contributed by atoms with Crippen molar-refractivity contribution in [2.24, 2.45) is 0 Å². The Bertz CT molecular complexity index is 950. The van der Waals surface area contributed by atoms with E-state index in [2.05, 4.69) is 5.32 Å². The first-order valence-corrected chi connectivity index (χ1v) is 10.9. The maximum Gasteiger partial charge on any atom is 0.243 e. The molecule has 0 bridgehead atoms. The lowest BCUT2D eigenvalue weighted by Gasteiger charge is -2.34. The molecular formula is C20H24ClN3O3S. The van der Waals surface area contributed by atoms with Gasteiger partial charge in [-0.05, 0) is 43.2 Å². The van der Waals surface area contributed by atoms with Gasteiger partial charge in [0.15, 0.2) is 0 Å². The second-order valence-corrected chi connectivity index (χ2v) is 9.24. The predicted octanol–water partition coefficient (Wildman–Crippen LogP) is 2.90. The van der Waals surface area contributed by atoms with Gasteiger partial charge in [0.1, 0.15) is 0 Å². The van der Waals surface area contributed by atoms with Gasteiger partial charge in [-0.2, -0.15) is 4.31 Å². The van der Waals surface area contributed by atoms with Crippen molar-refractivity contribution in [2.45, 2.75) is 18.7 Å². The summed E-state index contributed by atoms with van der Waals surface area (Å²) in [7, 11) is -3.60. The number of anilines is 1. The second-order valence-electron chi connectivity index (χ2n) is 6.86. The molecule has 1 saturated heterocycles. The molecule has 8 heteroatoms. The minimum Gasteiger partial charge on any atom is -0.376 e. The number of nitrogens with one attached hydrogen (secondary N) is 1. The topological polar surface area (TPSA) is 69.7 Å². The van der Waals surface area contributed by atoms with Crippen molar-refractivity contribution in [3.05, 3.63) is 58.6 Å². The number of aryl methyl sites for hydroxylation is 2. The highest BCUT2D eigenvalue weighted by molar-refractivity contribution is 7.89. The largest absolute Gasteiger partial charge is 0.376 e. The predicted molar refractivity (Wildman–Crippen MR) is 111 cm³/mol. The molecule has 0 aromatic heterocycles. The molecule has 0 saturated carbocycles. The van der Waals surface area contributed by atoms with Crippen molar-refractivity contribution >= 4 is 33.2 Å². The second kappa shape index (κ2) is 8.51. The zero-order chi connectivity index (χ0) is 20.3. The number of rotatable bonds is 5. The smallest absolute Gasteiger partial charge is 0.243 e. The van der Waals surface area contributed by atoms with Gasteiger partial charge in [-0.1, -0.05) is 35.9 Å². The van der Waals surface area contributed by atoms with Gasteiger partial charge >= 0.3 is 0 Å². The summed E-state index contributed by atoms with van der Waals surface area (Å²) < 4.78 is 26.9. The molecule has 0 spiro atoms. The SMILES string of the molecule is Cc1cccc(C)c1NCC(=O)N1CCN(S(=O)(=O)c2cccc(Cl)c2)CC1. The summed E-state index contributed by atoms with van der Waals surface area (Å²) in [6.45, 7) is 5.46.